The summed E-state index contributed by atoms with van der Waals surface area (Å²) in [7, 11) is 2.04. The lowest BCUT2D eigenvalue weighted by Crippen LogP contribution is -2.43. The molecule has 0 saturated carbocycles. The molecule has 3 aliphatic rings. The number of phenols is 1. The minimum Gasteiger partial charge on any atom is -0.507 e. The molecule has 0 unspecified atom stereocenters. The smallest absolute Gasteiger partial charge is 0.237 e. The average Bonchev–Trinajstić information content (AvgIpc) is 3.16. The molecule has 1 fully saturated rings. The van der Waals surface area contributed by atoms with E-state index >= 15 is 0 Å². The second-order valence-electron chi connectivity index (χ2n) is 8.47. The summed E-state index contributed by atoms with van der Waals surface area (Å²) in [6.45, 7) is 3.79. The van der Waals surface area contributed by atoms with Crippen LogP contribution < -0.4 is 5.32 Å². The average molecular weight is 440 g/mol. The quantitative estimate of drug-likeness (QED) is 0.501. The number of carbonyl (C=O) groups excluding carboxylic acids is 1. The molecule has 1 aromatic rings. The van der Waals surface area contributed by atoms with Crippen LogP contribution in [0.1, 0.15) is 44.6 Å². The largest absolute Gasteiger partial charge is 0.507 e. The molecule has 0 spiro atoms. The van der Waals surface area contributed by atoms with Crippen molar-refractivity contribution in [3.63, 3.8) is 0 Å². The Bertz CT molecular complexity index is 868. The van der Waals surface area contributed by atoms with E-state index in [2.05, 4.69) is 40.2 Å². The Labute approximate surface area is 190 Å². The highest BCUT2D eigenvalue weighted by atomic mass is 32.2. The monoisotopic (exact) mass is 439 g/mol. The van der Waals surface area contributed by atoms with Gasteiger partial charge in [0.1, 0.15) is 10.8 Å². The molecule has 6 heteroatoms. The zero-order valence-corrected chi connectivity index (χ0v) is 19.3. The van der Waals surface area contributed by atoms with E-state index in [4.69, 9.17) is 6.42 Å². The highest BCUT2D eigenvalue weighted by Gasteiger charge is 2.35. The number of hydrogen-bond donors (Lipinski definition) is 2. The van der Waals surface area contributed by atoms with Gasteiger partial charge >= 0.3 is 0 Å². The Balaban J connectivity index is 0.000000194. The van der Waals surface area contributed by atoms with Crippen LogP contribution in [-0.4, -0.2) is 58.9 Å². The molecule has 0 bridgehead atoms. The molecule has 2 atom stereocenters. The van der Waals surface area contributed by atoms with E-state index in [1.807, 2.05) is 25.2 Å². The van der Waals surface area contributed by atoms with E-state index in [9.17, 15) is 9.90 Å². The van der Waals surface area contributed by atoms with Gasteiger partial charge in [0.25, 0.3) is 0 Å². The van der Waals surface area contributed by atoms with Crippen molar-refractivity contribution in [1.82, 2.24) is 10.2 Å². The fraction of sp³-hybridized carbons (Fsp3) is 0.520. The number of aromatic hydroxyl groups is 1. The van der Waals surface area contributed by atoms with Crippen molar-refractivity contribution in [2.75, 3.05) is 25.9 Å². The Hall–Kier alpha value is -2.23. The van der Waals surface area contributed by atoms with Crippen LogP contribution in [0.25, 0.3) is 0 Å². The molecule has 1 saturated heterocycles. The number of aliphatic imine (C=N–C) groups is 1. The highest BCUT2D eigenvalue weighted by molar-refractivity contribution is 8.14. The first-order valence-corrected chi connectivity index (χ1v) is 12.0. The van der Waals surface area contributed by atoms with Gasteiger partial charge in [0.2, 0.25) is 5.91 Å². The molecule has 2 N–H and O–H groups in total. The summed E-state index contributed by atoms with van der Waals surface area (Å²) >= 11 is 1.70. The van der Waals surface area contributed by atoms with Crippen molar-refractivity contribution >= 4 is 22.7 Å². The first-order chi connectivity index (χ1) is 15.0. The molecule has 166 valence electrons. The van der Waals surface area contributed by atoms with Crippen molar-refractivity contribution in [1.29, 1.82) is 0 Å². The molecule has 1 amide bonds. The lowest BCUT2D eigenvalue weighted by molar-refractivity contribution is -0.125. The predicted octanol–water partition coefficient (Wildman–Crippen LogP) is 3.83. The molecule has 31 heavy (non-hydrogen) atoms. The van der Waals surface area contributed by atoms with E-state index in [0.717, 1.165) is 61.6 Å². The van der Waals surface area contributed by atoms with Crippen molar-refractivity contribution in [2.45, 2.75) is 51.1 Å². The normalized spacial score (nSPS) is 23.5. The van der Waals surface area contributed by atoms with Gasteiger partial charge < -0.3 is 10.4 Å². The summed E-state index contributed by atoms with van der Waals surface area (Å²) in [5.41, 5.74) is 1.06. The van der Waals surface area contributed by atoms with Crippen LogP contribution >= 0.6 is 11.8 Å². The second-order valence-corrected chi connectivity index (χ2v) is 9.56. The maximum atomic E-state index is 12.1. The molecule has 1 aliphatic carbocycles. The number of likely N-dealkylation sites (tertiary alicyclic amines) is 1. The lowest BCUT2D eigenvalue weighted by atomic mass is 9.93. The van der Waals surface area contributed by atoms with Crippen LogP contribution in [0.15, 0.2) is 41.4 Å². The summed E-state index contributed by atoms with van der Waals surface area (Å²) in [5.74, 6) is 4.22. The molecule has 0 aromatic heterocycles. The number of para-hydroxylation sites is 1. The van der Waals surface area contributed by atoms with E-state index < -0.39 is 0 Å². The van der Waals surface area contributed by atoms with Gasteiger partial charge in [-0.15, -0.1) is 24.1 Å². The third-order valence-electron chi connectivity index (χ3n) is 6.33. The van der Waals surface area contributed by atoms with Crippen LogP contribution in [0.2, 0.25) is 0 Å². The Morgan fingerprint density at radius 2 is 2.13 bits per heavy atom. The van der Waals surface area contributed by atoms with E-state index in [1.165, 1.54) is 0 Å². The number of nitrogens with one attached hydrogen (secondary N) is 1. The number of nitrogens with zero attached hydrogens (tertiary/aromatic N) is 2. The van der Waals surface area contributed by atoms with Crippen LogP contribution in [-0.2, 0) is 4.79 Å². The minimum atomic E-state index is 0.0591. The maximum absolute atomic E-state index is 12.1. The fourth-order valence-electron chi connectivity index (χ4n) is 4.00. The van der Waals surface area contributed by atoms with Crippen LogP contribution in [0.3, 0.4) is 0 Å². The zero-order valence-electron chi connectivity index (χ0n) is 18.5. The summed E-state index contributed by atoms with van der Waals surface area (Å²) in [6, 6.07) is 7.89. The number of thioether (sulfide) groups is 1. The maximum Gasteiger partial charge on any atom is 0.237 e. The molecule has 2 heterocycles. The Morgan fingerprint density at radius 3 is 2.71 bits per heavy atom. The number of hydrogen-bond acceptors (Lipinski definition) is 5. The van der Waals surface area contributed by atoms with Gasteiger partial charge in [-0.1, -0.05) is 24.3 Å². The standard InChI is InChI=1S/C16H24N2O.C9H9NOS/c1-4-5-8-16(9-10-16)11-12-17-15(19)14-7-6-13(2)18(14)3;11-8-4-2-1-3-7(8)9-10-5-6-12-9/h1,9-10,13-14H,5-8,11-12H2,2-3H3,(H,17,19);1-4,11H,5-6H2/t13-,14-;/m1./s1. The van der Waals surface area contributed by atoms with Gasteiger partial charge in [-0.2, -0.15) is 0 Å². The van der Waals surface area contributed by atoms with Gasteiger partial charge in [-0.05, 0) is 51.8 Å². The molecule has 5 nitrogen and oxygen atoms in total. The molecular formula is C25H33N3O2S. The van der Waals surface area contributed by atoms with E-state index in [1.54, 1.807) is 17.8 Å². The fourth-order valence-corrected chi connectivity index (χ4v) is 4.89. The third-order valence-corrected chi connectivity index (χ3v) is 7.34. The molecule has 1 aromatic carbocycles. The summed E-state index contributed by atoms with van der Waals surface area (Å²) in [6.07, 6.45) is 14.6. The van der Waals surface area contributed by atoms with Crippen molar-refractivity contribution in [3.8, 4) is 18.1 Å². The first-order valence-electron chi connectivity index (χ1n) is 11.0. The number of allylic oxidation sites excluding steroid dienone is 2. The third kappa shape index (κ3) is 6.38. The SMILES string of the molecule is C#CCCC1(CCNC(=O)[C@H]2CC[C@@H](C)N2C)C=C1.Oc1ccccc1C1=NCCS1. The molecule has 4 rings (SSSR count). The second kappa shape index (κ2) is 10.9. The number of terminal acetylenes is 1. The summed E-state index contributed by atoms with van der Waals surface area (Å²) in [5, 5.41) is 13.5. The number of rotatable bonds is 7. The van der Waals surface area contributed by atoms with Crippen LogP contribution in [0.4, 0.5) is 0 Å². The summed E-state index contributed by atoms with van der Waals surface area (Å²) in [4.78, 5) is 18.6. The van der Waals surface area contributed by atoms with E-state index in [-0.39, 0.29) is 17.4 Å². The van der Waals surface area contributed by atoms with Gasteiger partial charge in [-0.3, -0.25) is 14.7 Å². The number of phenolic OH excluding ortho intramolecular Hbond substituents is 1. The number of amides is 1. The van der Waals surface area contributed by atoms with E-state index in [0.29, 0.717) is 11.8 Å². The number of carbonyl (C=O) groups is 1. The lowest BCUT2D eigenvalue weighted by Gasteiger charge is -2.23. The molecule has 0 radical (unpaired) electrons. The van der Waals surface area contributed by atoms with Crippen molar-refractivity contribution in [3.05, 3.63) is 42.0 Å². The highest BCUT2D eigenvalue weighted by Crippen LogP contribution is 2.42. The first kappa shape index (κ1) is 23.4. The van der Waals surface area contributed by atoms with Crippen LogP contribution in [0.5, 0.6) is 5.75 Å². The number of likely N-dealkylation sites (N-methyl/N-ethyl adjacent to an activating group) is 1. The van der Waals surface area contributed by atoms with Crippen LogP contribution in [0, 0.1) is 17.8 Å². The van der Waals surface area contributed by atoms with Gasteiger partial charge in [-0.25, -0.2) is 0 Å². The zero-order chi connectivity index (χ0) is 22.3. The van der Waals surface area contributed by atoms with Crippen molar-refractivity contribution < 1.29 is 9.90 Å². The van der Waals surface area contributed by atoms with Gasteiger partial charge in [0, 0.05) is 42.3 Å². The Kier molecular flexibility index (Phi) is 8.22. The summed E-state index contributed by atoms with van der Waals surface area (Å²) < 4.78 is 0. The van der Waals surface area contributed by atoms with Gasteiger partial charge in [0.05, 0.1) is 6.04 Å². The number of benzene rings is 1. The Morgan fingerprint density at radius 1 is 1.35 bits per heavy atom. The topological polar surface area (TPSA) is 64.9 Å². The molecular weight excluding hydrogens is 406 g/mol. The van der Waals surface area contributed by atoms with Gasteiger partial charge in [0.15, 0.2) is 0 Å². The molecule has 2 aliphatic heterocycles. The predicted molar refractivity (Wildman–Crippen MR) is 129 cm³/mol. The minimum absolute atomic E-state index is 0.0591. The van der Waals surface area contributed by atoms with Crippen molar-refractivity contribution in [2.24, 2.45) is 10.4 Å².